The Balaban J connectivity index is 1.75. The standard InChI is InChI=1S/C21H21FN2O/c22-18-10-8-16(9-11-18)21-19-6-3-12-23(19)13-4-14-24(21)15-17-5-1-2-7-20(17)25/h1-3,5-12,21,25H,4,13-15H2. The average Bonchev–Trinajstić information content (AvgIpc) is 3.00. The molecular weight excluding hydrogens is 315 g/mol. The molecule has 4 rings (SSSR count). The molecule has 2 heterocycles. The number of aromatic nitrogens is 1. The summed E-state index contributed by atoms with van der Waals surface area (Å²) in [5.74, 6) is 0.0972. The highest BCUT2D eigenvalue weighted by molar-refractivity contribution is 5.34. The average molecular weight is 336 g/mol. The first-order chi connectivity index (χ1) is 12.2. The van der Waals surface area contributed by atoms with E-state index in [2.05, 4.69) is 27.8 Å². The van der Waals surface area contributed by atoms with E-state index in [9.17, 15) is 9.50 Å². The third kappa shape index (κ3) is 3.17. The zero-order chi connectivity index (χ0) is 17.2. The minimum absolute atomic E-state index is 0.0395. The smallest absolute Gasteiger partial charge is 0.123 e. The SMILES string of the molecule is Oc1ccccc1CN1CCCn2cccc2C1c1ccc(F)cc1. The first kappa shape index (κ1) is 15.9. The van der Waals surface area contributed by atoms with Gasteiger partial charge in [0.15, 0.2) is 0 Å². The van der Waals surface area contributed by atoms with Crippen molar-refractivity contribution in [3.05, 3.63) is 89.5 Å². The van der Waals surface area contributed by atoms with E-state index in [0.717, 1.165) is 30.6 Å². The van der Waals surface area contributed by atoms with Crippen LogP contribution < -0.4 is 0 Å². The van der Waals surface area contributed by atoms with E-state index in [4.69, 9.17) is 0 Å². The molecule has 1 aliphatic heterocycles. The molecule has 25 heavy (non-hydrogen) atoms. The Kier molecular flexibility index (Phi) is 4.28. The predicted molar refractivity (Wildman–Crippen MR) is 95.8 cm³/mol. The Labute approximate surface area is 147 Å². The van der Waals surface area contributed by atoms with E-state index in [1.54, 1.807) is 6.07 Å². The van der Waals surface area contributed by atoms with Crippen LogP contribution in [0.4, 0.5) is 4.39 Å². The van der Waals surface area contributed by atoms with Gasteiger partial charge in [-0.2, -0.15) is 0 Å². The van der Waals surface area contributed by atoms with Gasteiger partial charge in [0.2, 0.25) is 0 Å². The maximum absolute atomic E-state index is 13.4. The number of hydrogen-bond acceptors (Lipinski definition) is 2. The number of phenolic OH excluding ortho intramolecular Hbond substituents is 1. The highest BCUT2D eigenvalue weighted by atomic mass is 19.1. The van der Waals surface area contributed by atoms with Crippen LogP contribution in [0.1, 0.15) is 29.3 Å². The first-order valence-electron chi connectivity index (χ1n) is 8.64. The van der Waals surface area contributed by atoms with Gasteiger partial charge in [0.1, 0.15) is 11.6 Å². The summed E-state index contributed by atoms with van der Waals surface area (Å²) in [4.78, 5) is 2.36. The van der Waals surface area contributed by atoms with Crippen molar-refractivity contribution in [2.24, 2.45) is 0 Å². The number of hydrogen-bond donors (Lipinski definition) is 1. The fraction of sp³-hybridized carbons (Fsp3) is 0.238. The van der Waals surface area contributed by atoms with Crippen molar-refractivity contribution in [2.75, 3.05) is 6.54 Å². The molecule has 0 aliphatic carbocycles. The van der Waals surface area contributed by atoms with Crippen molar-refractivity contribution >= 4 is 0 Å². The van der Waals surface area contributed by atoms with Gasteiger partial charge in [-0.15, -0.1) is 0 Å². The Morgan fingerprint density at radius 3 is 2.56 bits per heavy atom. The van der Waals surface area contributed by atoms with E-state index >= 15 is 0 Å². The summed E-state index contributed by atoms with van der Waals surface area (Å²) in [7, 11) is 0. The van der Waals surface area contributed by atoms with E-state index < -0.39 is 0 Å². The summed E-state index contributed by atoms with van der Waals surface area (Å²) in [5.41, 5.74) is 3.19. The molecule has 3 aromatic rings. The first-order valence-corrected chi connectivity index (χ1v) is 8.64. The summed E-state index contributed by atoms with van der Waals surface area (Å²) < 4.78 is 15.7. The number of fused-ring (bicyclic) bond motifs is 1. The van der Waals surface area contributed by atoms with Crippen molar-refractivity contribution in [3.8, 4) is 5.75 Å². The monoisotopic (exact) mass is 336 g/mol. The molecule has 1 unspecified atom stereocenters. The molecule has 0 radical (unpaired) electrons. The quantitative estimate of drug-likeness (QED) is 0.771. The molecule has 128 valence electrons. The lowest BCUT2D eigenvalue weighted by molar-refractivity contribution is 0.217. The third-order valence-electron chi connectivity index (χ3n) is 4.91. The number of aromatic hydroxyl groups is 1. The maximum Gasteiger partial charge on any atom is 0.123 e. The van der Waals surface area contributed by atoms with Crippen LogP contribution in [0.2, 0.25) is 0 Å². The fourth-order valence-electron chi connectivity index (χ4n) is 3.70. The Morgan fingerprint density at radius 1 is 0.960 bits per heavy atom. The van der Waals surface area contributed by atoms with Crippen LogP contribution in [0.25, 0.3) is 0 Å². The zero-order valence-corrected chi connectivity index (χ0v) is 14.0. The van der Waals surface area contributed by atoms with Crippen LogP contribution in [0, 0.1) is 5.82 Å². The number of benzene rings is 2. The van der Waals surface area contributed by atoms with Crippen molar-refractivity contribution in [2.45, 2.75) is 25.6 Å². The second-order valence-corrected chi connectivity index (χ2v) is 6.53. The lowest BCUT2D eigenvalue weighted by Crippen LogP contribution is -2.29. The van der Waals surface area contributed by atoms with Crippen molar-refractivity contribution in [1.82, 2.24) is 9.47 Å². The van der Waals surface area contributed by atoms with Crippen LogP contribution in [-0.2, 0) is 13.1 Å². The lowest BCUT2D eigenvalue weighted by atomic mass is 10.0. The molecule has 1 aromatic heterocycles. The van der Waals surface area contributed by atoms with Gasteiger partial charge in [-0.05, 0) is 42.3 Å². The summed E-state index contributed by atoms with van der Waals surface area (Å²) in [5, 5.41) is 10.2. The Morgan fingerprint density at radius 2 is 1.76 bits per heavy atom. The van der Waals surface area contributed by atoms with Crippen LogP contribution in [0.3, 0.4) is 0 Å². The number of rotatable bonds is 3. The summed E-state index contributed by atoms with van der Waals surface area (Å²) in [6.45, 7) is 2.54. The molecule has 0 saturated carbocycles. The Hall–Kier alpha value is -2.59. The van der Waals surface area contributed by atoms with E-state index in [0.29, 0.717) is 12.3 Å². The van der Waals surface area contributed by atoms with Gasteiger partial charge in [0.05, 0.1) is 6.04 Å². The van der Waals surface area contributed by atoms with Crippen LogP contribution >= 0.6 is 0 Å². The molecule has 1 aliphatic rings. The highest BCUT2D eigenvalue weighted by Gasteiger charge is 2.27. The molecule has 0 amide bonds. The van der Waals surface area contributed by atoms with Crippen LogP contribution in [0.5, 0.6) is 5.75 Å². The largest absolute Gasteiger partial charge is 0.508 e. The van der Waals surface area contributed by atoms with Gasteiger partial charge in [0.25, 0.3) is 0 Å². The van der Waals surface area contributed by atoms with E-state index in [-0.39, 0.29) is 11.9 Å². The van der Waals surface area contributed by atoms with E-state index in [1.807, 2.05) is 30.3 Å². The number of nitrogens with zero attached hydrogens (tertiary/aromatic N) is 2. The number of halogens is 1. The molecule has 1 atom stereocenters. The Bertz CT molecular complexity index is 856. The molecule has 4 heteroatoms. The summed E-state index contributed by atoms with van der Waals surface area (Å²) >= 11 is 0. The van der Waals surface area contributed by atoms with Gasteiger partial charge in [0, 0.05) is 37.1 Å². The lowest BCUT2D eigenvalue weighted by Gasteiger charge is -2.31. The van der Waals surface area contributed by atoms with Crippen LogP contribution in [-0.4, -0.2) is 21.1 Å². The third-order valence-corrected chi connectivity index (χ3v) is 4.91. The van der Waals surface area contributed by atoms with Gasteiger partial charge in [-0.3, -0.25) is 4.90 Å². The van der Waals surface area contributed by atoms with E-state index in [1.165, 1.54) is 17.8 Å². The summed E-state index contributed by atoms with van der Waals surface area (Å²) in [6, 6.07) is 18.5. The van der Waals surface area contributed by atoms with Gasteiger partial charge < -0.3 is 9.67 Å². The summed E-state index contributed by atoms with van der Waals surface area (Å²) in [6.07, 6.45) is 3.14. The van der Waals surface area contributed by atoms with Gasteiger partial charge >= 0.3 is 0 Å². The predicted octanol–water partition coefficient (Wildman–Crippen LogP) is 4.33. The highest BCUT2D eigenvalue weighted by Crippen LogP contribution is 2.34. The minimum atomic E-state index is -0.222. The molecule has 0 bridgehead atoms. The molecule has 0 fully saturated rings. The van der Waals surface area contributed by atoms with Crippen molar-refractivity contribution in [1.29, 1.82) is 0 Å². The van der Waals surface area contributed by atoms with Crippen LogP contribution in [0.15, 0.2) is 66.9 Å². The molecule has 2 aromatic carbocycles. The second-order valence-electron chi connectivity index (χ2n) is 6.53. The molecular formula is C21H21FN2O. The fourth-order valence-corrected chi connectivity index (χ4v) is 3.70. The molecule has 1 N–H and O–H groups in total. The van der Waals surface area contributed by atoms with Crippen molar-refractivity contribution < 1.29 is 9.50 Å². The molecule has 0 spiro atoms. The number of aryl methyl sites for hydroxylation is 1. The number of para-hydroxylation sites is 1. The molecule has 0 saturated heterocycles. The number of phenols is 1. The second kappa shape index (κ2) is 6.73. The topological polar surface area (TPSA) is 28.4 Å². The van der Waals surface area contributed by atoms with Gasteiger partial charge in [-0.1, -0.05) is 30.3 Å². The molecule has 3 nitrogen and oxygen atoms in total. The zero-order valence-electron chi connectivity index (χ0n) is 14.0. The normalized spacial score (nSPS) is 17.9. The minimum Gasteiger partial charge on any atom is -0.508 e. The van der Waals surface area contributed by atoms with Crippen molar-refractivity contribution in [3.63, 3.8) is 0 Å². The maximum atomic E-state index is 13.4. The van der Waals surface area contributed by atoms with Gasteiger partial charge in [-0.25, -0.2) is 4.39 Å².